The average molecular weight is 484 g/mol. The minimum atomic E-state index is -5.08. The first-order valence-corrected chi connectivity index (χ1v) is 10.6. The maximum absolute atomic E-state index is 13.4. The van der Waals surface area contributed by atoms with Crippen LogP contribution >= 0.6 is 0 Å². The van der Waals surface area contributed by atoms with Crippen molar-refractivity contribution in [3.8, 4) is 0 Å². The number of likely N-dealkylation sites (tertiary alicyclic amines) is 1. The number of carboxylic acid groups (broad SMARTS) is 1. The van der Waals surface area contributed by atoms with E-state index in [4.69, 9.17) is 19.4 Å². The zero-order valence-electron chi connectivity index (χ0n) is 18.1. The first-order chi connectivity index (χ1) is 16.1. The number of nitrogens with zero attached hydrogens (tertiary/aromatic N) is 2. The van der Waals surface area contributed by atoms with Crippen molar-refractivity contribution in [3.05, 3.63) is 65.7 Å². The Morgan fingerprint density at radius 1 is 1.21 bits per heavy atom. The van der Waals surface area contributed by atoms with Gasteiger partial charge >= 0.3 is 12.1 Å². The molecular formula is C23H24F4N2O5. The Bertz CT molecular complexity index is 973. The molecule has 7 nitrogen and oxygen atoms in total. The number of carbonyl (C=O) groups is 2. The molecule has 2 fully saturated rings. The van der Waals surface area contributed by atoms with Crippen molar-refractivity contribution in [3.63, 3.8) is 0 Å². The van der Waals surface area contributed by atoms with Gasteiger partial charge in [-0.1, -0.05) is 12.1 Å². The minimum absolute atomic E-state index is 0.0748. The summed E-state index contributed by atoms with van der Waals surface area (Å²) in [6, 6.07) is 9.76. The van der Waals surface area contributed by atoms with Crippen LogP contribution in [0.5, 0.6) is 0 Å². The number of ether oxygens (including phenoxy) is 2. The summed E-state index contributed by atoms with van der Waals surface area (Å²) in [7, 11) is 0. The molecule has 0 spiro atoms. The normalized spacial score (nSPS) is 21.5. The van der Waals surface area contributed by atoms with Gasteiger partial charge in [-0.2, -0.15) is 13.2 Å². The van der Waals surface area contributed by atoms with Crippen LogP contribution in [0.25, 0.3) is 0 Å². The molecule has 3 heterocycles. The van der Waals surface area contributed by atoms with Crippen molar-refractivity contribution in [2.75, 3.05) is 26.3 Å². The molecule has 184 valence electrons. The Balaban J connectivity index is 0.000000406. The van der Waals surface area contributed by atoms with E-state index in [2.05, 4.69) is 4.98 Å². The van der Waals surface area contributed by atoms with Crippen LogP contribution in [0.2, 0.25) is 0 Å². The van der Waals surface area contributed by atoms with Gasteiger partial charge in [0.15, 0.2) is 0 Å². The summed E-state index contributed by atoms with van der Waals surface area (Å²) < 4.78 is 56.8. The van der Waals surface area contributed by atoms with Gasteiger partial charge in [-0.15, -0.1) is 0 Å². The molecule has 2 aromatic rings. The lowest BCUT2D eigenvalue weighted by Crippen LogP contribution is -2.31. The Hall–Kier alpha value is -3.05. The Morgan fingerprint density at radius 3 is 2.62 bits per heavy atom. The van der Waals surface area contributed by atoms with E-state index >= 15 is 0 Å². The highest BCUT2D eigenvalue weighted by molar-refractivity contribution is 5.94. The predicted molar refractivity (Wildman–Crippen MR) is 111 cm³/mol. The van der Waals surface area contributed by atoms with E-state index in [9.17, 15) is 22.4 Å². The molecule has 2 saturated heterocycles. The monoisotopic (exact) mass is 484 g/mol. The molecular weight excluding hydrogens is 460 g/mol. The van der Waals surface area contributed by atoms with Gasteiger partial charge in [0, 0.05) is 43.6 Å². The fraction of sp³-hybridized carbons (Fsp3) is 0.435. The van der Waals surface area contributed by atoms with Gasteiger partial charge in [0.25, 0.3) is 5.91 Å². The number of rotatable bonds is 6. The highest BCUT2D eigenvalue weighted by Gasteiger charge is 2.45. The number of carbonyl (C=O) groups excluding carboxylic acids is 1. The summed E-state index contributed by atoms with van der Waals surface area (Å²) in [6.07, 6.45) is -0.549. The third-order valence-corrected chi connectivity index (χ3v) is 5.66. The second-order valence-corrected chi connectivity index (χ2v) is 8.02. The topological polar surface area (TPSA) is 89.0 Å². The maximum atomic E-state index is 13.4. The van der Waals surface area contributed by atoms with Crippen molar-refractivity contribution < 1.29 is 41.7 Å². The number of amides is 1. The van der Waals surface area contributed by atoms with Crippen LogP contribution in [0, 0.1) is 17.7 Å². The molecule has 0 saturated carbocycles. The van der Waals surface area contributed by atoms with Gasteiger partial charge in [-0.05, 0) is 42.2 Å². The molecule has 1 aromatic heterocycles. The summed E-state index contributed by atoms with van der Waals surface area (Å²) >= 11 is 0. The lowest BCUT2D eigenvalue weighted by Gasteiger charge is -2.20. The summed E-state index contributed by atoms with van der Waals surface area (Å²) in [4.78, 5) is 27.4. The van der Waals surface area contributed by atoms with Crippen molar-refractivity contribution in [2.45, 2.75) is 25.3 Å². The summed E-state index contributed by atoms with van der Waals surface area (Å²) in [6.45, 7) is 3.16. The van der Waals surface area contributed by atoms with E-state index < -0.39 is 12.1 Å². The van der Waals surface area contributed by atoms with Gasteiger partial charge in [0.1, 0.15) is 5.82 Å². The smallest absolute Gasteiger partial charge is 0.475 e. The van der Waals surface area contributed by atoms with Gasteiger partial charge < -0.3 is 19.5 Å². The fourth-order valence-electron chi connectivity index (χ4n) is 3.97. The van der Waals surface area contributed by atoms with Crippen LogP contribution in [0.1, 0.15) is 22.3 Å². The zero-order valence-corrected chi connectivity index (χ0v) is 18.1. The number of hydrogen-bond acceptors (Lipinski definition) is 5. The minimum Gasteiger partial charge on any atom is -0.475 e. The van der Waals surface area contributed by atoms with E-state index in [1.165, 1.54) is 12.1 Å². The van der Waals surface area contributed by atoms with E-state index in [0.29, 0.717) is 50.3 Å². The van der Waals surface area contributed by atoms with Crippen LogP contribution in [0.3, 0.4) is 0 Å². The molecule has 34 heavy (non-hydrogen) atoms. The third kappa shape index (κ3) is 6.97. The number of hydrogen-bond donors (Lipinski definition) is 1. The predicted octanol–water partition coefficient (Wildman–Crippen LogP) is 3.55. The molecule has 1 amide bonds. The number of aromatic nitrogens is 1. The lowest BCUT2D eigenvalue weighted by atomic mass is 9.91. The number of aliphatic carboxylic acids is 1. The number of fused-ring (bicyclic) bond motifs is 1. The van der Waals surface area contributed by atoms with Crippen LogP contribution in [-0.2, 0) is 20.9 Å². The highest BCUT2D eigenvalue weighted by atomic mass is 19.4. The van der Waals surface area contributed by atoms with Crippen molar-refractivity contribution in [1.82, 2.24) is 9.88 Å². The molecule has 2 aliphatic rings. The standard InChI is InChI=1S/C21H23FN2O3.C2HF3O2/c22-18-5-1-4-16(9-18)21(25)24-11-19-17(14-27-20(19)12-24)6-8-26-13-15-3-2-7-23-10-15;3-2(4,5)1(6)7/h1-5,7,9-10,17,19-20H,6,8,11-14H2;(H,6,7)/t17-,19-,20-;/m0./s1. The van der Waals surface area contributed by atoms with Gasteiger partial charge in [0.2, 0.25) is 0 Å². The molecule has 1 aromatic carbocycles. The summed E-state index contributed by atoms with van der Waals surface area (Å²) in [5.74, 6) is -2.56. The number of halogens is 4. The number of benzene rings is 1. The zero-order chi connectivity index (χ0) is 24.7. The Labute approximate surface area is 193 Å². The van der Waals surface area contributed by atoms with Crippen LogP contribution in [0.4, 0.5) is 17.6 Å². The first-order valence-electron chi connectivity index (χ1n) is 10.6. The van der Waals surface area contributed by atoms with E-state index in [-0.39, 0.29) is 17.8 Å². The number of pyridine rings is 1. The number of carboxylic acids is 1. The molecule has 4 rings (SSSR count). The first kappa shape index (κ1) is 25.6. The Morgan fingerprint density at radius 2 is 1.97 bits per heavy atom. The molecule has 0 radical (unpaired) electrons. The third-order valence-electron chi connectivity index (χ3n) is 5.66. The highest BCUT2D eigenvalue weighted by Crippen LogP contribution is 2.36. The average Bonchev–Trinajstić information content (AvgIpc) is 3.38. The summed E-state index contributed by atoms with van der Waals surface area (Å²) in [5, 5.41) is 7.12. The van der Waals surface area contributed by atoms with Gasteiger partial charge in [0.05, 0.1) is 19.3 Å². The molecule has 0 bridgehead atoms. The molecule has 2 aliphatic heterocycles. The second-order valence-electron chi connectivity index (χ2n) is 8.02. The molecule has 11 heteroatoms. The van der Waals surface area contributed by atoms with Crippen LogP contribution < -0.4 is 0 Å². The van der Waals surface area contributed by atoms with Crippen LogP contribution in [0.15, 0.2) is 48.8 Å². The quantitative estimate of drug-likeness (QED) is 0.499. The Kier molecular flexibility index (Phi) is 8.56. The van der Waals surface area contributed by atoms with E-state index in [1.54, 1.807) is 23.2 Å². The largest absolute Gasteiger partial charge is 0.490 e. The molecule has 0 aliphatic carbocycles. The second kappa shape index (κ2) is 11.4. The van der Waals surface area contributed by atoms with Crippen molar-refractivity contribution in [2.24, 2.45) is 11.8 Å². The molecule has 1 N–H and O–H groups in total. The number of alkyl halides is 3. The van der Waals surface area contributed by atoms with Gasteiger partial charge in [-0.3, -0.25) is 9.78 Å². The lowest BCUT2D eigenvalue weighted by molar-refractivity contribution is -0.192. The van der Waals surface area contributed by atoms with E-state index in [0.717, 1.165) is 12.0 Å². The van der Waals surface area contributed by atoms with Crippen LogP contribution in [-0.4, -0.2) is 65.5 Å². The van der Waals surface area contributed by atoms with Gasteiger partial charge in [-0.25, -0.2) is 9.18 Å². The van der Waals surface area contributed by atoms with Crippen molar-refractivity contribution in [1.29, 1.82) is 0 Å². The fourth-order valence-corrected chi connectivity index (χ4v) is 3.97. The molecule has 3 atom stereocenters. The van der Waals surface area contributed by atoms with Crippen molar-refractivity contribution >= 4 is 11.9 Å². The summed E-state index contributed by atoms with van der Waals surface area (Å²) in [5.41, 5.74) is 1.46. The van der Waals surface area contributed by atoms with E-state index in [1.807, 2.05) is 18.3 Å². The maximum Gasteiger partial charge on any atom is 0.490 e. The molecule has 0 unspecified atom stereocenters. The SMILES string of the molecule is O=C(O)C(F)(F)F.O=C(c1cccc(F)c1)N1C[C@H]2[C@@H](CCOCc3cccnc3)CO[C@H]2C1.